The number of piperidine rings is 1. The van der Waals surface area contributed by atoms with Crippen LogP contribution in [0.15, 0.2) is 29.1 Å². The number of carbonyl (C=O) groups is 1. The second-order valence-corrected chi connectivity index (χ2v) is 6.34. The molecule has 1 aromatic carbocycles. The van der Waals surface area contributed by atoms with Crippen LogP contribution >= 0.6 is 0 Å². The minimum absolute atomic E-state index is 0.156. The normalized spacial score (nSPS) is 17.7. The summed E-state index contributed by atoms with van der Waals surface area (Å²) in [7, 11) is 3.09. The zero-order chi connectivity index (χ0) is 18.4. The van der Waals surface area contributed by atoms with E-state index in [4.69, 9.17) is 14.0 Å². The van der Waals surface area contributed by atoms with Gasteiger partial charge in [0.25, 0.3) is 5.91 Å². The van der Waals surface area contributed by atoms with Crippen LogP contribution < -0.4 is 14.8 Å². The molecule has 2 aromatic rings. The largest absolute Gasteiger partial charge is 0.493 e. The Labute approximate surface area is 152 Å². The van der Waals surface area contributed by atoms with E-state index in [0.717, 1.165) is 25.9 Å². The Balaban J connectivity index is 1.56. The number of carbonyl (C=O) groups excluding carboxylic acids is 1. The van der Waals surface area contributed by atoms with Crippen molar-refractivity contribution < 1.29 is 18.8 Å². The molecule has 1 atom stereocenters. The Morgan fingerprint density at radius 2 is 2.27 bits per heavy atom. The minimum Gasteiger partial charge on any atom is -0.493 e. The van der Waals surface area contributed by atoms with Crippen molar-refractivity contribution in [3.63, 3.8) is 0 Å². The molecule has 3 rings (SSSR count). The highest BCUT2D eigenvalue weighted by molar-refractivity contribution is 5.97. The molecule has 26 heavy (non-hydrogen) atoms. The Morgan fingerprint density at radius 1 is 1.38 bits per heavy atom. The number of aromatic nitrogens is 2. The highest BCUT2D eigenvalue weighted by atomic mass is 16.5. The smallest absolute Gasteiger partial charge is 0.255 e. The van der Waals surface area contributed by atoms with Crippen LogP contribution in [0.4, 0.5) is 0 Å². The van der Waals surface area contributed by atoms with Crippen molar-refractivity contribution >= 4 is 5.91 Å². The summed E-state index contributed by atoms with van der Waals surface area (Å²) in [4.78, 5) is 18.9. The lowest BCUT2D eigenvalue weighted by Gasteiger charge is -2.31. The van der Waals surface area contributed by atoms with Gasteiger partial charge in [-0.25, -0.2) is 0 Å². The Kier molecular flexibility index (Phi) is 6.06. The fourth-order valence-corrected chi connectivity index (χ4v) is 3.32. The molecule has 8 heteroatoms. The zero-order valence-electron chi connectivity index (χ0n) is 15.1. The number of para-hydroxylation sites is 1. The molecule has 140 valence electrons. The number of methoxy groups -OCH3 is 2. The van der Waals surface area contributed by atoms with Crippen molar-refractivity contribution in [3.05, 3.63) is 36.0 Å². The standard InChI is InChI=1S/C18H24N4O4/c1-24-15-7-3-6-14(17(15)25-2)18(23)19-9-13-5-4-8-22(10-13)11-16-20-12-26-21-16/h3,6-7,12-13H,4-5,8-11H2,1-2H3,(H,19,23). The third kappa shape index (κ3) is 4.32. The predicted molar refractivity (Wildman–Crippen MR) is 94.2 cm³/mol. The van der Waals surface area contributed by atoms with Gasteiger partial charge in [0.2, 0.25) is 6.39 Å². The van der Waals surface area contributed by atoms with Gasteiger partial charge in [-0.3, -0.25) is 9.69 Å². The third-order valence-corrected chi connectivity index (χ3v) is 4.57. The molecule has 0 saturated carbocycles. The number of hydrogen-bond donors (Lipinski definition) is 1. The summed E-state index contributed by atoms with van der Waals surface area (Å²) < 4.78 is 15.4. The van der Waals surface area contributed by atoms with E-state index in [1.165, 1.54) is 13.5 Å². The number of rotatable bonds is 7. The Hall–Kier alpha value is -2.61. The molecule has 1 fully saturated rings. The summed E-state index contributed by atoms with van der Waals surface area (Å²) in [5.74, 6) is 1.92. The van der Waals surface area contributed by atoms with Gasteiger partial charge in [0.1, 0.15) is 0 Å². The van der Waals surface area contributed by atoms with Crippen LogP contribution in [0.5, 0.6) is 11.5 Å². The average Bonchev–Trinajstić information content (AvgIpc) is 3.18. The first-order valence-corrected chi connectivity index (χ1v) is 8.68. The molecule has 0 bridgehead atoms. The second kappa shape index (κ2) is 8.66. The summed E-state index contributed by atoms with van der Waals surface area (Å²) in [6, 6.07) is 5.29. The van der Waals surface area contributed by atoms with E-state index in [9.17, 15) is 4.79 Å². The van der Waals surface area contributed by atoms with E-state index >= 15 is 0 Å². The fourth-order valence-electron chi connectivity index (χ4n) is 3.32. The lowest BCUT2D eigenvalue weighted by atomic mass is 9.98. The van der Waals surface area contributed by atoms with Crippen LogP contribution in [-0.2, 0) is 6.54 Å². The molecule has 0 aliphatic carbocycles. The van der Waals surface area contributed by atoms with Gasteiger partial charge in [0.15, 0.2) is 17.3 Å². The summed E-state index contributed by atoms with van der Waals surface area (Å²) >= 11 is 0. The molecular weight excluding hydrogens is 336 g/mol. The molecule has 1 amide bonds. The van der Waals surface area contributed by atoms with Gasteiger partial charge in [-0.05, 0) is 37.4 Å². The zero-order valence-corrected chi connectivity index (χ0v) is 15.1. The first kappa shape index (κ1) is 18.2. The molecule has 0 spiro atoms. The number of hydrogen-bond acceptors (Lipinski definition) is 7. The van der Waals surface area contributed by atoms with E-state index in [-0.39, 0.29) is 5.91 Å². The van der Waals surface area contributed by atoms with Crippen LogP contribution in [-0.4, -0.2) is 54.8 Å². The number of benzene rings is 1. The topological polar surface area (TPSA) is 89.7 Å². The van der Waals surface area contributed by atoms with Gasteiger partial charge in [-0.15, -0.1) is 0 Å². The Morgan fingerprint density at radius 3 is 3.00 bits per heavy atom. The molecule has 8 nitrogen and oxygen atoms in total. The van der Waals surface area contributed by atoms with Crippen LogP contribution in [0.1, 0.15) is 29.0 Å². The van der Waals surface area contributed by atoms with Gasteiger partial charge < -0.3 is 19.3 Å². The predicted octanol–water partition coefficient (Wildman–Crippen LogP) is 1.73. The molecule has 0 radical (unpaired) electrons. The number of nitrogens with zero attached hydrogens (tertiary/aromatic N) is 3. The molecule has 1 aliphatic rings. The van der Waals surface area contributed by atoms with Gasteiger partial charge in [0, 0.05) is 13.1 Å². The minimum atomic E-state index is -0.156. The molecular formula is C18H24N4O4. The monoisotopic (exact) mass is 360 g/mol. The van der Waals surface area contributed by atoms with Crippen LogP contribution in [0.3, 0.4) is 0 Å². The van der Waals surface area contributed by atoms with Crippen LogP contribution in [0.25, 0.3) is 0 Å². The highest BCUT2D eigenvalue weighted by Gasteiger charge is 2.23. The van der Waals surface area contributed by atoms with Crippen molar-refractivity contribution in [1.82, 2.24) is 20.4 Å². The van der Waals surface area contributed by atoms with Gasteiger partial charge in [-0.1, -0.05) is 11.2 Å². The molecule has 2 heterocycles. The van der Waals surface area contributed by atoms with E-state index in [2.05, 4.69) is 20.4 Å². The van der Waals surface area contributed by atoms with Gasteiger partial charge in [-0.2, -0.15) is 4.98 Å². The second-order valence-electron chi connectivity index (χ2n) is 6.34. The van der Waals surface area contributed by atoms with Crippen LogP contribution in [0.2, 0.25) is 0 Å². The Bertz CT molecular complexity index is 720. The lowest BCUT2D eigenvalue weighted by molar-refractivity contribution is 0.0926. The summed E-state index contributed by atoms with van der Waals surface area (Å²) in [6.45, 7) is 3.18. The fraction of sp³-hybridized carbons (Fsp3) is 0.500. The SMILES string of the molecule is COc1cccc(C(=O)NCC2CCCN(Cc3ncon3)C2)c1OC. The number of nitrogens with one attached hydrogen (secondary N) is 1. The van der Waals surface area contributed by atoms with Crippen molar-refractivity contribution in [2.24, 2.45) is 5.92 Å². The summed E-state index contributed by atoms with van der Waals surface area (Å²) in [5, 5.41) is 6.88. The third-order valence-electron chi connectivity index (χ3n) is 4.57. The number of ether oxygens (including phenoxy) is 2. The quantitative estimate of drug-likeness (QED) is 0.804. The van der Waals surface area contributed by atoms with Crippen molar-refractivity contribution in [2.45, 2.75) is 19.4 Å². The first-order chi connectivity index (χ1) is 12.7. The molecule has 1 saturated heterocycles. The first-order valence-electron chi connectivity index (χ1n) is 8.68. The van der Waals surface area contributed by atoms with E-state index in [0.29, 0.717) is 41.9 Å². The van der Waals surface area contributed by atoms with Gasteiger partial charge in [0.05, 0.1) is 26.3 Å². The van der Waals surface area contributed by atoms with Gasteiger partial charge >= 0.3 is 0 Å². The molecule has 1 unspecified atom stereocenters. The average molecular weight is 360 g/mol. The maximum atomic E-state index is 12.6. The van der Waals surface area contributed by atoms with Crippen molar-refractivity contribution in [1.29, 1.82) is 0 Å². The number of likely N-dealkylation sites (tertiary alicyclic amines) is 1. The van der Waals surface area contributed by atoms with Crippen molar-refractivity contribution in [3.8, 4) is 11.5 Å². The maximum Gasteiger partial charge on any atom is 0.255 e. The van der Waals surface area contributed by atoms with Crippen molar-refractivity contribution in [2.75, 3.05) is 33.9 Å². The van der Waals surface area contributed by atoms with Crippen LogP contribution in [0, 0.1) is 5.92 Å². The summed E-state index contributed by atoms with van der Waals surface area (Å²) in [5.41, 5.74) is 0.478. The van der Waals surface area contributed by atoms with E-state index in [1.807, 2.05) is 0 Å². The summed E-state index contributed by atoms with van der Waals surface area (Å²) in [6.07, 6.45) is 3.51. The molecule has 1 N–H and O–H groups in total. The lowest BCUT2D eigenvalue weighted by Crippen LogP contribution is -2.40. The highest BCUT2D eigenvalue weighted by Crippen LogP contribution is 2.30. The number of amides is 1. The maximum absolute atomic E-state index is 12.6. The molecule has 1 aromatic heterocycles. The molecule has 1 aliphatic heterocycles. The van der Waals surface area contributed by atoms with E-state index in [1.54, 1.807) is 25.3 Å². The van der Waals surface area contributed by atoms with E-state index < -0.39 is 0 Å².